The highest BCUT2D eigenvalue weighted by molar-refractivity contribution is 6.76. The molecule has 2 aromatic rings. The van der Waals surface area contributed by atoms with Gasteiger partial charge < -0.3 is 33.7 Å². The molecule has 2 fully saturated rings. The van der Waals surface area contributed by atoms with Gasteiger partial charge in [0.15, 0.2) is 6.29 Å². The number of amides is 1. The van der Waals surface area contributed by atoms with Crippen molar-refractivity contribution in [2.75, 3.05) is 13.2 Å². The SMILES string of the molecule is N=C(O[C@@H]1OC2COC(c3ccccc3)O[C@H]2C(OCc2ccccc2)[C@@H]1NC(=O)OCC(Cl)(Cl)Cl)C(Cl)(Cl)Cl. The van der Waals surface area contributed by atoms with Gasteiger partial charge in [0.2, 0.25) is 16.0 Å². The number of nitrogens with one attached hydrogen (secondary N) is 2. The Morgan fingerprint density at radius 1 is 0.975 bits per heavy atom. The molecule has 2 aromatic carbocycles. The van der Waals surface area contributed by atoms with E-state index in [-0.39, 0.29) is 13.2 Å². The molecule has 3 unspecified atom stereocenters. The maximum absolute atomic E-state index is 12.8. The number of ether oxygens (including phenoxy) is 6. The molecular formula is C25H24Cl6N2O7. The number of alkyl halides is 6. The van der Waals surface area contributed by atoms with Crippen molar-refractivity contribution in [3.63, 3.8) is 0 Å². The van der Waals surface area contributed by atoms with Crippen LogP contribution in [0.1, 0.15) is 17.4 Å². The summed E-state index contributed by atoms with van der Waals surface area (Å²) in [6.45, 7) is -0.347. The Morgan fingerprint density at radius 3 is 2.25 bits per heavy atom. The molecule has 15 heteroatoms. The molecule has 40 heavy (non-hydrogen) atoms. The van der Waals surface area contributed by atoms with E-state index in [1.54, 1.807) is 0 Å². The van der Waals surface area contributed by atoms with Crippen LogP contribution >= 0.6 is 69.6 Å². The van der Waals surface area contributed by atoms with Crippen molar-refractivity contribution in [2.45, 2.75) is 51.1 Å². The van der Waals surface area contributed by atoms with Crippen LogP contribution in [0.15, 0.2) is 60.7 Å². The molecule has 2 N–H and O–H groups in total. The summed E-state index contributed by atoms with van der Waals surface area (Å²) in [4.78, 5) is 12.8. The first-order valence-corrected chi connectivity index (χ1v) is 14.1. The van der Waals surface area contributed by atoms with Gasteiger partial charge in [-0.15, -0.1) is 0 Å². The molecule has 9 nitrogen and oxygen atoms in total. The molecule has 2 aliphatic rings. The van der Waals surface area contributed by atoms with Crippen molar-refractivity contribution in [3.05, 3.63) is 71.8 Å². The summed E-state index contributed by atoms with van der Waals surface area (Å²) >= 11 is 34.7. The summed E-state index contributed by atoms with van der Waals surface area (Å²) in [5.41, 5.74) is 1.62. The van der Waals surface area contributed by atoms with E-state index in [1.807, 2.05) is 60.7 Å². The third kappa shape index (κ3) is 8.88. The zero-order valence-electron chi connectivity index (χ0n) is 20.5. The van der Waals surface area contributed by atoms with Crippen molar-refractivity contribution in [2.24, 2.45) is 0 Å². The largest absolute Gasteiger partial charge is 0.446 e. The van der Waals surface area contributed by atoms with E-state index in [0.29, 0.717) is 0 Å². The summed E-state index contributed by atoms with van der Waals surface area (Å²) in [6, 6.07) is 17.5. The lowest BCUT2D eigenvalue weighted by Gasteiger charge is -2.49. The van der Waals surface area contributed by atoms with E-state index in [4.69, 9.17) is 103 Å². The van der Waals surface area contributed by atoms with Gasteiger partial charge in [-0.2, -0.15) is 0 Å². The van der Waals surface area contributed by atoms with E-state index in [9.17, 15) is 4.79 Å². The summed E-state index contributed by atoms with van der Waals surface area (Å²) in [5.74, 6) is -0.746. The molecule has 2 heterocycles. The van der Waals surface area contributed by atoms with E-state index in [1.165, 1.54) is 0 Å². The van der Waals surface area contributed by atoms with Gasteiger partial charge in [0.1, 0.15) is 31.0 Å². The Hall–Kier alpha value is -1.24. The number of hydrogen-bond acceptors (Lipinski definition) is 8. The Labute approximate surface area is 260 Å². The Bertz CT molecular complexity index is 1140. The van der Waals surface area contributed by atoms with Crippen molar-refractivity contribution in [1.29, 1.82) is 5.41 Å². The topological polar surface area (TPSA) is 108 Å². The fraction of sp³-hybridized carbons (Fsp3) is 0.440. The predicted octanol–water partition coefficient (Wildman–Crippen LogP) is 6.24. The zero-order chi connectivity index (χ0) is 28.9. The lowest BCUT2D eigenvalue weighted by atomic mass is 9.95. The quantitative estimate of drug-likeness (QED) is 0.203. The van der Waals surface area contributed by atoms with Crippen LogP contribution in [0.3, 0.4) is 0 Å². The third-order valence-electron chi connectivity index (χ3n) is 5.84. The molecule has 0 bridgehead atoms. The molecule has 1 amide bonds. The monoisotopic (exact) mass is 674 g/mol. The van der Waals surface area contributed by atoms with Crippen LogP contribution in [0.5, 0.6) is 0 Å². The second kappa shape index (κ2) is 13.8. The molecular weight excluding hydrogens is 653 g/mol. The standard InChI is InChI=1S/C25H24Cl6N2O7/c26-24(27,28)13-37-23(34)33-17-19(35-11-14-7-3-1-4-8-14)18-16(38-21(17)40-22(32)25(29,30)31)12-36-20(39-18)15-9-5-2-6-10-15/h1-10,16-21,32H,11-13H2,(H,33,34)/t16?,17-,18+,19?,20?,21-/m0/s1. The lowest BCUT2D eigenvalue weighted by Crippen LogP contribution is -2.68. The van der Waals surface area contributed by atoms with Gasteiger partial charge in [0, 0.05) is 5.56 Å². The second-order valence-corrected chi connectivity index (χ2v) is 13.6. The number of fused-ring (bicyclic) bond motifs is 1. The summed E-state index contributed by atoms with van der Waals surface area (Å²) in [6.07, 6.45) is -5.56. The second-order valence-electron chi connectivity index (χ2n) is 8.79. The maximum atomic E-state index is 12.8. The number of alkyl carbamates (subject to hydrolysis) is 1. The van der Waals surface area contributed by atoms with E-state index < -0.39 is 63.1 Å². The van der Waals surface area contributed by atoms with Crippen LogP contribution in [-0.4, -0.2) is 63.4 Å². The first-order chi connectivity index (χ1) is 18.9. The van der Waals surface area contributed by atoms with Gasteiger partial charge in [0.25, 0.3) is 3.79 Å². The van der Waals surface area contributed by atoms with Gasteiger partial charge in [0.05, 0.1) is 13.2 Å². The van der Waals surface area contributed by atoms with Crippen molar-refractivity contribution >= 4 is 81.6 Å². The number of hydrogen-bond donors (Lipinski definition) is 2. The molecule has 0 aromatic heterocycles. The number of carbonyl (C=O) groups is 1. The summed E-state index contributed by atoms with van der Waals surface area (Å²) < 4.78 is 31.2. The molecule has 0 radical (unpaired) electrons. The summed E-state index contributed by atoms with van der Waals surface area (Å²) in [5, 5.41) is 10.7. The minimum absolute atomic E-state index is 0.0703. The lowest BCUT2D eigenvalue weighted by molar-refractivity contribution is -0.341. The highest BCUT2D eigenvalue weighted by atomic mass is 35.6. The predicted molar refractivity (Wildman–Crippen MR) is 151 cm³/mol. The molecule has 6 atom stereocenters. The molecule has 4 rings (SSSR count). The Balaban J connectivity index is 1.63. The molecule has 2 saturated heterocycles. The fourth-order valence-electron chi connectivity index (χ4n) is 4.08. The molecule has 0 spiro atoms. The average Bonchev–Trinajstić information content (AvgIpc) is 2.91. The van der Waals surface area contributed by atoms with E-state index >= 15 is 0 Å². The summed E-state index contributed by atoms with van der Waals surface area (Å²) in [7, 11) is 0. The van der Waals surface area contributed by atoms with Crippen LogP contribution in [0.2, 0.25) is 0 Å². The zero-order valence-corrected chi connectivity index (χ0v) is 25.0. The minimum atomic E-state index is -2.21. The van der Waals surface area contributed by atoms with Crippen LogP contribution in [0, 0.1) is 5.41 Å². The molecule has 2 aliphatic heterocycles. The average molecular weight is 677 g/mol. The van der Waals surface area contributed by atoms with Gasteiger partial charge >= 0.3 is 6.09 Å². The van der Waals surface area contributed by atoms with E-state index in [2.05, 4.69) is 5.32 Å². The Kier molecular flexibility index (Phi) is 11.0. The fourth-order valence-corrected chi connectivity index (χ4v) is 4.38. The molecule has 0 aliphatic carbocycles. The van der Waals surface area contributed by atoms with E-state index in [0.717, 1.165) is 11.1 Å². The van der Waals surface area contributed by atoms with Crippen LogP contribution in [0.4, 0.5) is 4.79 Å². The number of carbonyl (C=O) groups excluding carboxylic acids is 1. The van der Waals surface area contributed by atoms with Crippen molar-refractivity contribution in [1.82, 2.24) is 5.32 Å². The number of halogens is 6. The van der Waals surface area contributed by atoms with Gasteiger partial charge in [-0.3, -0.25) is 5.41 Å². The highest BCUT2D eigenvalue weighted by Gasteiger charge is 2.53. The van der Waals surface area contributed by atoms with Gasteiger partial charge in [-0.05, 0) is 5.56 Å². The molecule has 0 saturated carbocycles. The molecule has 218 valence electrons. The van der Waals surface area contributed by atoms with Gasteiger partial charge in [-0.25, -0.2) is 4.79 Å². The number of rotatable bonds is 7. The first-order valence-electron chi connectivity index (χ1n) is 11.9. The maximum Gasteiger partial charge on any atom is 0.407 e. The number of benzene rings is 2. The highest BCUT2D eigenvalue weighted by Crippen LogP contribution is 2.37. The first kappa shape index (κ1) is 31.7. The normalized spacial score (nSPS) is 26.9. The minimum Gasteiger partial charge on any atom is -0.446 e. The van der Waals surface area contributed by atoms with Gasteiger partial charge in [-0.1, -0.05) is 130 Å². The third-order valence-corrected chi connectivity index (χ3v) is 6.68. The van der Waals surface area contributed by atoms with Crippen molar-refractivity contribution in [3.8, 4) is 0 Å². The Morgan fingerprint density at radius 2 is 1.62 bits per heavy atom. The van der Waals surface area contributed by atoms with Crippen LogP contribution in [-0.2, 0) is 35.0 Å². The smallest absolute Gasteiger partial charge is 0.407 e. The van der Waals surface area contributed by atoms with Crippen LogP contribution < -0.4 is 5.32 Å². The van der Waals surface area contributed by atoms with Crippen LogP contribution in [0.25, 0.3) is 0 Å². The van der Waals surface area contributed by atoms with Crippen molar-refractivity contribution < 1.29 is 33.2 Å².